The monoisotopic (exact) mass is 506 g/mol. The standard InChI is InChI=1S/C37H30O2/c1-25-28-15-5-6-16-29(28)32-19-11-12-26(36(25)32)24-37(23-22-35(38)39-27-13-3-2-4-14-27)33-20-9-7-17-30(33)31-18-8-10-21-34(31)37/h2-21,25H,22-24H2,1H3. The van der Waals surface area contributed by atoms with E-state index in [-0.39, 0.29) is 11.4 Å². The molecule has 0 spiro atoms. The maximum atomic E-state index is 13.2. The smallest absolute Gasteiger partial charge is 0.311 e. The highest BCUT2D eigenvalue weighted by Crippen LogP contribution is 2.55. The number of carbonyl (C=O) groups is 1. The SMILES string of the molecule is CC1c2ccccc2-c2cccc(CC3(CCC(=O)Oc4ccccc4)c4ccccc4-c4ccccc43)c21. The van der Waals surface area contributed by atoms with Crippen LogP contribution in [0.4, 0.5) is 0 Å². The van der Waals surface area contributed by atoms with Gasteiger partial charge in [0.15, 0.2) is 0 Å². The first-order valence-electron chi connectivity index (χ1n) is 13.8. The minimum atomic E-state index is -0.327. The van der Waals surface area contributed by atoms with Gasteiger partial charge in [0.05, 0.1) is 0 Å². The number of benzene rings is 5. The molecule has 0 saturated carbocycles. The summed E-state index contributed by atoms with van der Waals surface area (Å²) >= 11 is 0. The second-order valence-electron chi connectivity index (χ2n) is 10.8. The fraction of sp³-hybridized carbons (Fsp3) is 0.162. The Hall–Kier alpha value is -4.43. The minimum absolute atomic E-state index is 0.193. The van der Waals surface area contributed by atoms with Crippen molar-refractivity contribution >= 4 is 5.97 Å². The Labute approximate surface area is 229 Å². The summed E-state index contributed by atoms with van der Waals surface area (Å²) in [4.78, 5) is 13.2. The van der Waals surface area contributed by atoms with Crippen LogP contribution in [0.25, 0.3) is 22.3 Å². The summed E-state index contributed by atoms with van der Waals surface area (Å²) in [5.41, 5.74) is 11.7. The fourth-order valence-electron chi connectivity index (χ4n) is 7.06. The molecule has 0 saturated heterocycles. The highest BCUT2D eigenvalue weighted by molar-refractivity contribution is 5.83. The summed E-state index contributed by atoms with van der Waals surface area (Å²) < 4.78 is 5.74. The summed E-state index contributed by atoms with van der Waals surface area (Å²) in [5.74, 6) is 0.733. The van der Waals surface area contributed by atoms with Crippen molar-refractivity contribution in [2.24, 2.45) is 0 Å². The van der Waals surface area contributed by atoms with E-state index in [0.29, 0.717) is 24.5 Å². The number of hydrogen-bond donors (Lipinski definition) is 0. The van der Waals surface area contributed by atoms with Crippen LogP contribution in [0.1, 0.15) is 53.5 Å². The predicted molar refractivity (Wildman–Crippen MR) is 157 cm³/mol. The van der Waals surface area contributed by atoms with Crippen LogP contribution in [0.3, 0.4) is 0 Å². The average molecular weight is 507 g/mol. The van der Waals surface area contributed by atoms with Crippen LogP contribution in [-0.2, 0) is 16.6 Å². The first-order valence-corrected chi connectivity index (χ1v) is 13.8. The van der Waals surface area contributed by atoms with E-state index >= 15 is 0 Å². The third-order valence-corrected chi connectivity index (χ3v) is 8.75. The normalized spacial score (nSPS) is 15.7. The van der Waals surface area contributed by atoms with Crippen molar-refractivity contribution in [3.8, 4) is 28.0 Å². The molecule has 2 heteroatoms. The van der Waals surface area contributed by atoms with E-state index in [9.17, 15) is 4.79 Å². The van der Waals surface area contributed by atoms with Gasteiger partial charge in [-0.15, -0.1) is 0 Å². The topological polar surface area (TPSA) is 26.3 Å². The van der Waals surface area contributed by atoms with Gasteiger partial charge in [-0.3, -0.25) is 4.79 Å². The van der Waals surface area contributed by atoms with Gasteiger partial charge in [0.25, 0.3) is 0 Å². The first kappa shape index (κ1) is 23.7. The molecule has 5 aromatic carbocycles. The van der Waals surface area contributed by atoms with E-state index in [4.69, 9.17) is 4.74 Å². The molecule has 7 rings (SSSR count). The Balaban J connectivity index is 1.33. The Morgan fingerprint density at radius 3 is 1.97 bits per heavy atom. The maximum absolute atomic E-state index is 13.2. The number of hydrogen-bond acceptors (Lipinski definition) is 2. The van der Waals surface area contributed by atoms with Crippen molar-refractivity contribution in [1.29, 1.82) is 0 Å². The number of rotatable bonds is 6. The zero-order valence-corrected chi connectivity index (χ0v) is 22.1. The molecule has 0 aromatic heterocycles. The highest BCUT2D eigenvalue weighted by Gasteiger charge is 2.44. The number of fused-ring (bicyclic) bond motifs is 6. The molecule has 2 aliphatic carbocycles. The molecule has 5 aromatic rings. The van der Waals surface area contributed by atoms with E-state index in [2.05, 4.69) is 97.9 Å². The summed E-state index contributed by atoms with van der Waals surface area (Å²) in [6.07, 6.45) is 1.85. The number of ether oxygens (including phenoxy) is 1. The Kier molecular flexibility index (Phi) is 5.70. The largest absolute Gasteiger partial charge is 0.427 e. The second-order valence-corrected chi connectivity index (χ2v) is 10.8. The molecule has 0 aliphatic heterocycles. The molecule has 2 aliphatic rings. The molecule has 1 atom stereocenters. The highest BCUT2D eigenvalue weighted by atomic mass is 16.5. The van der Waals surface area contributed by atoms with Gasteiger partial charge in [-0.05, 0) is 75.0 Å². The van der Waals surface area contributed by atoms with Gasteiger partial charge < -0.3 is 4.74 Å². The first-order chi connectivity index (χ1) is 19.2. The van der Waals surface area contributed by atoms with E-state index < -0.39 is 0 Å². The van der Waals surface area contributed by atoms with Crippen molar-refractivity contribution in [3.63, 3.8) is 0 Å². The molecule has 2 nitrogen and oxygen atoms in total. The van der Waals surface area contributed by atoms with Gasteiger partial charge in [-0.2, -0.15) is 0 Å². The second kappa shape index (κ2) is 9.39. The van der Waals surface area contributed by atoms with Gasteiger partial charge in [-0.1, -0.05) is 116 Å². The van der Waals surface area contributed by atoms with E-state index in [1.54, 1.807) is 0 Å². The third-order valence-electron chi connectivity index (χ3n) is 8.75. The van der Waals surface area contributed by atoms with Crippen LogP contribution in [0.15, 0.2) is 121 Å². The van der Waals surface area contributed by atoms with Gasteiger partial charge >= 0.3 is 5.97 Å². The number of carbonyl (C=O) groups excluding carboxylic acids is 1. The van der Waals surface area contributed by atoms with Crippen LogP contribution in [0.5, 0.6) is 5.75 Å². The lowest BCUT2D eigenvalue weighted by atomic mass is 9.69. The van der Waals surface area contributed by atoms with Crippen LogP contribution in [0.2, 0.25) is 0 Å². The summed E-state index contributed by atoms with van der Waals surface area (Å²) in [5, 5.41) is 0. The van der Waals surface area contributed by atoms with Crippen LogP contribution in [0, 0.1) is 0 Å². The molecular weight excluding hydrogens is 476 g/mol. The number of para-hydroxylation sites is 1. The molecule has 1 unspecified atom stereocenters. The molecule has 0 fully saturated rings. The van der Waals surface area contributed by atoms with Gasteiger partial charge in [0, 0.05) is 17.8 Å². The van der Waals surface area contributed by atoms with Gasteiger partial charge in [0.1, 0.15) is 5.75 Å². The maximum Gasteiger partial charge on any atom is 0.311 e. The summed E-state index contributed by atoms with van der Waals surface area (Å²) in [6, 6.07) is 42.4. The zero-order valence-electron chi connectivity index (χ0n) is 22.1. The van der Waals surface area contributed by atoms with Crippen LogP contribution in [-0.4, -0.2) is 5.97 Å². The van der Waals surface area contributed by atoms with Crippen molar-refractivity contribution in [3.05, 3.63) is 149 Å². The van der Waals surface area contributed by atoms with Gasteiger partial charge in [0.2, 0.25) is 0 Å². The molecule has 0 heterocycles. The molecule has 190 valence electrons. The lowest BCUT2D eigenvalue weighted by Gasteiger charge is -2.33. The van der Waals surface area contributed by atoms with E-state index in [0.717, 1.165) is 6.42 Å². The van der Waals surface area contributed by atoms with Crippen LogP contribution >= 0.6 is 0 Å². The Bertz CT molecular complexity index is 1650. The van der Waals surface area contributed by atoms with Crippen molar-refractivity contribution in [2.45, 2.75) is 37.5 Å². The van der Waals surface area contributed by atoms with Crippen molar-refractivity contribution in [2.75, 3.05) is 0 Å². The van der Waals surface area contributed by atoms with Crippen molar-refractivity contribution < 1.29 is 9.53 Å². The molecule has 0 N–H and O–H groups in total. The van der Waals surface area contributed by atoms with E-state index in [1.807, 2.05) is 30.3 Å². The minimum Gasteiger partial charge on any atom is -0.427 e. The third kappa shape index (κ3) is 3.82. The molecule has 0 bridgehead atoms. The summed E-state index contributed by atoms with van der Waals surface area (Å²) in [7, 11) is 0. The molecule has 39 heavy (non-hydrogen) atoms. The number of esters is 1. The lowest BCUT2D eigenvalue weighted by molar-refractivity contribution is -0.134. The molecule has 0 amide bonds. The molecular formula is C37H30O2. The molecule has 0 radical (unpaired) electrons. The fourth-order valence-corrected chi connectivity index (χ4v) is 7.06. The average Bonchev–Trinajstić information content (AvgIpc) is 3.43. The predicted octanol–water partition coefficient (Wildman–Crippen LogP) is 8.71. The quantitative estimate of drug-likeness (QED) is 0.170. The lowest BCUT2D eigenvalue weighted by Crippen LogP contribution is -2.30. The van der Waals surface area contributed by atoms with Gasteiger partial charge in [-0.25, -0.2) is 0 Å². The zero-order chi connectivity index (χ0) is 26.4. The summed E-state index contributed by atoms with van der Waals surface area (Å²) in [6.45, 7) is 2.33. The van der Waals surface area contributed by atoms with E-state index in [1.165, 1.54) is 50.1 Å². The van der Waals surface area contributed by atoms with Crippen molar-refractivity contribution in [1.82, 2.24) is 0 Å². The van der Waals surface area contributed by atoms with Crippen LogP contribution < -0.4 is 4.74 Å². The Morgan fingerprint density at radius 1 is 0.667 bits per heavy atom. The Morgan fingerprint density at radius 2 is 1.26 bits per heavy atom.